The summed E-state index contributed by atoms with van der Waals surface area (Å²) in [5, 5.41) is 0. The van der Waals surface area contributed by atoms with Crippen LogP contribution in [0, 0.1) is 6.92 Å². The Morgan fingerprint density at radius 2 is 1.74 bits per heavy atom. The maximum atomic E-state index is 5.89. The van der Waals surface area contributed by atoms with Gasteiger partial charge in [-0.05, 0) is 50.1 Å². The third-order valence-electron chi connectivity index (χ3n) is 4.51. The maximum Gasteiger partial charge on any atom is 0.226 e. The van der Waals surface area contributed by atoms with Crippen LogP contribution in [0.4, 0.5) is 0 Å². The van der Waals surface area contributed by atoms with Gasteiger partial charge in [0, 0.05) is 18.6 Å². The van der Waals surface area contributed by atoms with Gasteiger partial charge in [0.05, 0.1) is 18.4 Å². The highest BCUT2D eigenvalue weighted by Crippen LogP contribution is 2.24. The molecule has 3 rings (SSSR count). The average Bonchev–Trinajstić information content (AvgIpc) is 3.08. The van der Waals surface area contributed by atoms with E-state index < -0.39 is 0 Å². The molecule has 0 saturated heterocycles. The predicted octanol–water partition coefficient (Wildman–Crippen LogP) is 5.76. The first-order valence-electron chi connectivity index (χ1n) is 9.57. The van der Waals surface area contributed by atoms with Gasteiger partial charge in [0.15, 0.2) is 0 Å². The van der Waals surface area contributed by atoms with Crippen molar-refractivity contribution in [2.45, 2.75) is 39.7 Å². The number of oxazole rings is 1. The van der Waals surface area contributed by atoms with Crippen LogP contribution in [0.1, 0.15) is 43.4 Å². The number of benzene rings is 2. The first kappa shape index (κ1) is 19.2. The SMILES string of the molecule is CCOC(CC)c1ccc(OCCc2nc(-c3ccccc3)oc2C)cc1. The maximum absolute atomic E-state index is 5.89. The minimum atomic E-state index is 0.151. The lowest BCUT2D eigenvalue weighted by Gasteiger charge is -2.15. The summed E-state index contributed by atoms with van der Waals surface area (Å²) >= 11 is 0. The Bertz CT molecular complexity index is 825. The van der Waals surface area contributed by atoms with Gasteiger partial charge in [-0.25, -0.2) is 4.98 Å². The second-order valence-electron chi connectivity index (χ2n) is 6.41. The van der Waals surface area contributed by atoms with Crippen LogP contribution in [-0.2, 0) is 11.2 Å². The molecule has 0 amide bonds. The molecular formula is C23H27NO3. The summed E-state index contributed by atoms with van der Waals surface area (Å²) in [5.74, 6) is 2.36. The Morgan fingerprint density at radius 3 is 2.41 bits per heavy atom. The molecule has 0 aliphatic rings. The number of hydrogen-bond acceptors (Lipinski definition) is 4. The fraction of sp³-hybridized carbons (Fsp3) is 0.348. The van der Waals surface area contributed by atoms with Crippen LogP contribution in [0.2, 0.25) is 0 Å². The molecule has 0 radical (unpaired) electrons. The first-order chi connectivity index (χ1) is 13.2. The van der Waals surface area contributed by atoms with Crippen LogP contribution in [0.3, 0.4) is 0 Å². The predicted molar refractivity (Wildman–Crippen MR) is 107 cm³/mol. The summed E-state index contributed by atoms with van der Waals surface area (Å²) in [6, 6.07) is 18.1. The molecule has 0 aliphatic carbocycles. The number of rotatable bonds is 9. The van der Waals surface area contributed by atoms with Crippen molar-refractivity contribution < 1.29 is 13.9 Å². The zero-order valence-electron chi connectivity index (χ0n) is 16.3. The van der Waals surface area contributed by atoms with E-state index in [2.05, 4.69) is 24.0 Å². The number of ether oxygens (including phenoxy) is 2. The highest BCUT2D eigenvalue weighted by Gasteiger charge is 2.12. The van der Waals surface area contributed by atoms with Crippen molar-refractivity contribution in [1.82, 2.24) is 4.98 Å². The number of aromatic nitrogens is 1. The summed E-state index contributed by atoms with van der Waals surface area (Å²) < 4.78 is 17.4. The third kappa shape index (κ3) is 4.98. The van der Waals surface area contributed by atoms with Crippen molar-refractivity contribution in [3.8, 4) is 17.2 Å². The summed E-state index contributed by atoms with van der Waals surface area (Å²) in [6.45, 7) is 7.38. The van der Waals surface area contributed by atoms with Crippen molar-refractivity contribution >= 4 is 0 Å². The normalized spacial score (nSPS) is 12.1. The molecule has 1 unspecified atom stereocenters. The van der Waals surface area contributed by atoms with Crippen molar-refractivity contribution in [3.05, 3.63) is 71.6 Å². The van der Waals surface area contributed by atoms with Gasteiger partial charge >= 0.3 is 0 Å². The lowest BCUT2D eigenvalue weighted by Crippen LogP contribution is -2.04. The van der Waals surface area contributed by atoms with Crippen LogP contribution in [0.15, 0.2) is 59.0 Å². The molecule has 3 aromatic rings. The van der Waals surface area contributed by atoms with E-state index in [9.17, 15) is 0 Å². The zero-order valence-corrected chi connectivity index (χ0v) is 16.3. The monoisotopic (exact) mass is 365 g/mol. The molecule has 0 fully saturated rings. The Hall–Kier alpha value is -2.59. The largest absolute Gasteiger partial charge is 0.493 e. The van der Waals surface area contributed by atoms with E-state index in [0.29, 0.717) is 18.9 Å². The van der Waals surface area contributed by atoms with E-state index >= 15 is 0 Å². The molecule has 0 bridgehead atoms. The Labute approximate surface area is 161 Å². The molecule has 0 aliphatic heterocycles. The van der Waals surface area contributed by atoms with Crippen molar-refractivity contribution in [2.24, 2.45) is 0 Å². The van der Waals surface area contributed by atoms with E-state index in [1.54, 1.807) is 0 Å². The number of hydrogen-bond donors (Lipinski definition) is 0. The lowest BCUT2D eigenvalue weighted by molar-refractivity contribution is 0.0598. The summed E-state index contributed by atoms with van der Waals surface area (Å²) in [6.07, 6.45) is 1.82. The van der Waals surface area contributed by atoms with Crippen LogP contribution in [0.5, 0.6) is 5.75 Å². The fourth-order valence-electron chi connectivity index (χ4n) is 3.06. The van der Waals surface area contributed by atoms with Crippen molar-refractivity contribution in [1.29, 1.82) is 0 Å². The van der Waals surface area contributed by atoms with Crippen LogP contribution in [-0.4, -0.2) is 18.2 Å². The second-order valence-corrected chi connectivity index (χ2v) is 6.41. The van der Waals surface area contributed by atoms with Gasteiger partial charge in [0.25, 0.3) is 0 Å². The molecule has 0 saturated carbocycles. The molecule has 4 nitrogen and oxygen atoms in total. The van der Waals surface area contributed by atoms with E-state index in [1.807, 2.05) is 56.3 Å². The molecule has 4 heteroatoms. The van der Waals surface area contributed by atoms with Crippen LogP contribution in [0.25, 0.3) is 11.5 Å². The molecule has 1 heterocycles. The number of aryl methyl sites for hydroxylation is 1. The van der Waals surface area contributed by atoms with E-state index in [1.165, 1.54) is 5.56 Å². The molecule has 0 N–H and O–H groups in total. The highest BCUT2D eigenvalue weighted by molar-refractivity contribution is 5.53. The second kappa shape index (κ2) is 9.38. The van der Waals surface area contributed by atoms with Crippen LogP contribution >= 0.6 is 0 Å². The third-order valence-corrected chi connectivity index (χ3v) is 4.51. The van der Waals surface area contributed by atoms with Crippen molar-refractivity contribution in [2.75, 3.05) is 13.2 Å². The highest BCUT2D eigenvalue weighted by atomic mass is 16.5. The van der Waals surface area contributed by atoms with E-state index in [4.69, 9.17) is 13.9 Å². The summed E-state index contributed by atoms with van der Waals surface area (Å²) in [7, 11) is 0. The molecular weight excluding hydrogens is 338 g/mol. The summed E-state index contributed by atoms with van der Waals surface area (Å²) in [4.78, 5) is 4.62. The molecule has 2 aromatic carbocycles. The van der Waals surface area contributed by atoms with Gasteiger partial charge in [-0.2, -0.15) is 0 Å². The van der Waals surface area contributed by atoms with E-state index in [0.717, 1.165) is 35.8 Å². The fourth-order valence-corrected chi connectivity index (χ4v) is 3.06. The number of nitrogens with zero attached hydrogens (tertiary/aromatic N) is 1. The van der Waals surface area contributed by atoms with Gasteiger partial charge in [-0.3, -0.25) is 0 Å². The Balaban J connectivity index is 1.56. The van der Waals surface area contributed by atoms with Crippen molar-refractivity contribution in [3.63, 3.8) is 0 Å². The Kier molecular flexibility index (Phi) is 6.66. The first-order valence-corrected chi connectivity index (χ1v) is 9.57. The quantitative estimate of drug-likeness (QED) is 0.484. The smallest absolute Gasteiger partial charge is 0.226 e. The van der Waals surface area contributed by atoms with Crippen LogP contribution < -0.4 is 4.74 Å². The molecule has 27 heavy (non-hydrogen) atoms. The standard InChI is InChI=1S/C23H27NO3/c1-4-22(25-5-2)18-11-13-20(14-12-18)26-16-15-21-17(3)27-23(24-21)19-9-7-6-8-10-19/h6-14,22H,4-5,15-16H2,1-3H3. The van der Waals surface area contributed by atoms with Gasteiger partial charge in [0.2, 0.25) is 5.89 Å². The van der Waals surface area contributed by atoms with E-state index in [-0.39, 0.29) is 6.10 Å². The molecule has 1 atom stereocenters. The summed E-state index contributed by atoms with van der Waals surface area (Å²) in [5.41, 5.74) is 3.11. The zero-order chi connectivity index (χ0) is 19.1. The van der Waals surface area contributed by atoms with Gasteiger partial charge in [-0.1, -0.05) is 37.3 Å². The molecule has 1 aromatic heterocycles. The van der Waals surface area contributed by atoms with Gasteiger partial charge in [-0.15, -0.1) is 0 Å². The van der Waals surface area contributed by atoms with Gasteiger partial charge in [0.1, 0.15) is 11.5 Å². The molecule has 142 valence electrons. The average molecular weight is 365 g/mol. The molecule has 0 spiro atoms. The Morgan fingerprint density at radius 1 is 1.00 bits per heavy atom. The van der Waals surface area contributed by atoms with Gasteiger partial charge < -0.3 is 13.9 Å². The lowest BCUT2D eigenvalue weighted by atomic mass is 10.1. The minimum absolute atomic E-state index is 0.151. The minimum Gasteiger partial charge on any atom is -0.493 e. The topological polar surface area (TPSA) is 44.5 Å².